The summed E-state index contributed by atoms with van der Waals surface area (Å²) in [5, 5.41) is 0. The molecule has 2 aliphatic heterocycles. The molecule has 0 spiro atoms. The number of hydrogen-bond donors (Lipinski definition) is 0. The normalized spacial score (nSPS) is 14.5. The first-order valence-corrected chi connectivity index (χ1v) is 11.5. The highest BCUT2D eigenvalue weighted by Gasteiger charge is 2.38. The fourth-order valence-electron chi connectivity index (χ4n) is 4.17. The van der Waals surface area contributed by atoms with Gasteiger partial charge in [0.1, 0.15) is 0 Å². The summed E-state index contributed by atoms with van der Waals surface area (Å²) in [5.74, 6) is 0. The van der Waals surface area contributed by atoms with E-state index in [1.165, 1.54) is 54.5 Å². The number of fused-ring (bicyclic) bond motifs is 4. The van der Waals surface area contributed by atoms with E-state index in [0.29, 0.717) is 0 Å². The highest BCUT2D eigenvalue weighted by Crippen LogP contribution is 2.52. The molecule has 140 valence electrons. The van der Waals surface area contributed by atoms with Crippen LogP contribution in [0.5, 0.6) is 0 Å². The maximum atomic E-state index is 4.01. The summed E-state index contributed by atoms with van der Waals surface area (Å²) in [6.45, 7) is 11.3. The van der Waals surface area contributed by atoms with Gasteiger partial charge in [0.05, 0.1) is 11.4 Å². The number of anilines is 3. The van der Waals surface area contributed by atoms with E-state index in [1.807, 2.05) is 11.8 Å². The van der Waals surface area contributed by atoms with Crippen molar-refractivity contribution >= 4 is 61.0 Å². The van der Waals surface area contributed by atoms with Crippen molar-refractivity contribution in [1.82, 2.24) is 0 Å². The van der Waals surface area contributed by atoms with Crippen LogP contribution in [-0.2, 0) is 5.41 Å². The zero-order valence-corrected chi connectivity index (χ0v) is 19.3. The molecule has 3 aromatic rings. The van der Waals surface area contributed by atoms with Crippen LogP contribution in [0.4, 0.5) is 17.1 Å². The van der Waals surface area contributed by atoms with Crippen LogP contribution in [0.2, 0.25) is 0 Å². The molecule has 0 bridgehead atoms. The van der Waals surface area contributed by atoms with E-state index in [9.17, 15) is 0 Å². The first kappa shape index (κ1) is 18.4. The van der Waals surface area contributed by atoms with Crippen molar-refractivity contribution in [2.24, 2.45) is 0 Å². The Labute approximate surface area is 180 Å². The van der Waals surface area contributed by atoms with E-state index < -0.39 is 0 Å². The van der Waals surface area contributed by atoms with Crippen molar-refractivity contribution in [3.63, 3.8) is 0 Å². The Kier molecular flexibility index (Phi) is 4.05. The minimum absolute atomic E-state index is 0.118. The fourth-order valence-corrected chi connectivity index (χ4v) is 6.11. The van der Waals surface area contributed by atoms with Crippen molar-refractivity contribution in [2.45, 2.75) is 49.8 Å². The number of rotatable bonds is 0. The smallest absolute Gasteiger partial charge is 0.291 e. The zero-order valence-electron chi connectivity index (χ0n) is 16.9. The molecule has 0 saturated heterocycles. The number of aryl methyl sites for hydroxylation is 2. The van der Waals surface area contributed by atoms with Gasteiger partial charge in [0.25, 0.3) is 5.54 Å². The molecule has 0 saturated carbocycles. The van der Waals surface area contributed by atoms with Crippen molar-refractivity contribution in [3.8, 4) is 0 Å². The Morgan fingerprint density at radius 1 is 0.857 bits per heavy atom. The van der Waals surface area contributed by atoms with Crippen LogP contribution in [0, 0.1) is 13.8 Å². The molecule has 2 heterocycles. The second kappa shape index (κ2) is 6.17. The lowest BCUT2D eigenvalue weighted by molar-refractivity contribution is 0.590. The Balaban J connectivity index is 1.85. The summed E-state index contributed by atoms with van der Waals surface area (Å²) in [5.41, 5.74) is 11.0. The number of benzene rings is 3. The lowest BCUT2D eigenvalue weighted by Gasteiger charge is -2.41. The second-order valence-electron chi connectivity index (χ2n) is 8.92. The predicted molar refractivity (Wildman–Crippen MR) is 127 cm³/mol. The largest absolute Gasteiger partial charge is 0.309 e. The number of para-hydroxylation sites is 1. The van der Waals surface area contributed by atoms with Crippen LogP contribution in [0.25, 0.3) is 0 Å². The Morgan fingerprint density at radius 2 is 1.61 bits per heavy atom. The minimum atomic E-state index is 0.118. The number of hydrogen-bond acceptors (Lipinski definition) is 2. The van der Waals surface area contributed by atoms with Gasteiger partial charge in [0.15, 0.2) is 0 Å². The fraction of sp³-hybridized carbons (Fsp3) is 0.250. The van der Waals surface area contributed by atoms with Gasteiger partial charge < -0.3 is 4.90 Å². The van der Waals surface area contributed by atoms with Gasteiger partial charge in [-0.25, -0.2) is 0 Å². The highest BCUT2D eigenvalue weighted by molar-refractivity contribution is 9.25. The molecule has 0 radical (unpaired) electrons. The van der Waals surface area contributed by atoms with Crippen LogP contribution in [0.3, 0.4) is 0 Å². The molecule has 4 heteroatoms. The average Bonchev–Trinajstić information content (AvgIpc) is 2.65. The monoisotopic (exact) mass is 447 g/mol. The molecule has 0 amide bonds. The van der Waals surface area contributed by atoms with E-state index in [1.54, 1.807) is 0 Å². The SMILES string of the molecule is Cc1cc2c(cc1C)N1c3cc(C(C)(C)C)ccc3B(Br)c3cccc(c31)S2. The molecule has 5 rings (SSSR count). The maximum Gasteiger partial charge on any atom is 0.291 e. The van der Waals surface area contributed by atoms with Crippen molar-refractivity contribution in [1.29, 1.82) is 0 Å². The molecule has 3 aromatic carbocycles. The second-order valence-corrected chi connectivity index (χ2v) is 10.9. The number of nitrogens with zero attached hydrogens (tertiary/aromatic N) is 1. The van der Waals surface area contributed by atoms with Gasteiger partial charge >= 0.3 is 0 Å². The summed E-state index contributed by atoms with van der Waals surface area (Å²) < 4.78 is 0. The molecule has 2 aliphatic rings. The van der Waals surface area contributed by atoms with Gasteiger partial charge in [0, 0.05) is 15.5 Å². The quantitative estimate of drug-likeness (QED) is 0.289. The molecular formula is C24H23BBrNS. The van der Waals surface area contributed by atoms with Crippen LogP contribution < -0.4 is 15.8 Å². The predicted octanol–water partition coefficient (Wildman–Crippen LogP) is 6.35. The topological polar surface area (TPSA) is 3.24 Å². The standard InChI is InChI=1S/C24H23BBrNS/c1-14-11-20-22(12-15(14)2)28-21-8-6-7-18-23(21)27(20)19-13-16(24(3,4)5)9-10-17(19)25(18)26/h6-13H,1-5H3. The van der Waals surface area contributed by atoms with Crippen molar-refractivity contribution < 1.29 is 0 Å². The first-order chi connectivity index (χ1) is 13.3. The van der Waals surface area contributed by atoms with Gasteiger partial charge in [-0.3, -0.25) is 0 Å². The van der Waals surface area contributed by atoms with E-state index >= 15 is 0 Å². The van der Waals surface area contributed by atoms with Gasteiger partial charge in [-0.1, -0.05) is 56.8 Å². The number of halogens is 1. The summed E-state index contributed by atoms with van der Waals surface area (Å²) in [6, 6.07) is 18.4. The third-order valence-corrected chi connectivity index (χ3v) is 8.06. The van der Waals surface area contributed by atoms with E-state index in [0.717, 1.165) is 0 Å². The van der Waals surface area contributed by atoms with Crippen LogP contribution in [-0.4, -0.2) is 5.54 Å². The summed E-state index contributed by atoms with van der Waals surface area (Å²) in [6.07, 6.45) is 0. The molecule has 0 aromatic heterocycles. The zero-order chi connectivity index (χ0) is 19.8. The summed E-state index contributed by atoms with van der Waals surface area (Å²) in [7, 11) is 0. The van der Waals surface area contributed by atoms with Crippen molar-refractivity contribution in [2.75, 3.05) is 4.90 Å². The molecule has 0 unspecified atom stereocenters. The summed E-state index contributed by atoms with van der Waals surface area (Å²) in [4.78, 5) is 5.18. The lowest BCUT2D eigenvalue weighted by Crippen LogP contribution is -2.47. The first-order valence-electron chi connectivity index (χ1n) is 9.76. The van der Waals surface area contributed by atoms with E-state index in [-0.39, 0.29) is 11.0 Å². The summed E-state index contributed by atoms with van der Waals surface area (Å²) >= 11 is 5.90. The van der Waals surface area contributed by atoms with Gasteiger partial charge in [-0.15, -0.1) is 15.8 Å². The van der Waals surface area contributed by atoms with Crippen LogP contribution in [0.15, 0.2) is 58.3 Å². The Bertz CT molecular complexity index is 1130. The Hall–Kier alpha value is -1.65. The van der Waals surface area contributed by atoms with Gasteiger partial charge in [-0.2, -0.15) is 0 Å². The highest BCUT2D eigenvalue weighted by atomic mass is 79.9. The van der Waals surface area contributed by atoms with Crippen molar-refractivity contribution in [3.05, 3.63) is 65.2 Å². The Morgan fingerprint density at radius 3 is 2.36 bits per heavy atom. The molecule has 0 N–H and O–H groups in total. The molecule has 0 atom stereocenters. The van der Waals surface area contributed by atoms with Gasteiger partial charge in [-0.05, 0) is 71.1 Å². The van der Waals surface area contributed by atoms with Gasteiger partial charge in [0.2, 0.25) is 0 Å². The maximum absolute atomic E-state index is 4.01. The van der Waals surface area contributed by atoms with E-state index in [2.05, 4.69) is 104 Å². The van der Waals surface area contributed by atoms with Crippen LogP contribution >= 0.6 is 27.5 Å². The third-order valence-electron chi connectivity index (χ3n) is 5.97. The lowest BCUT2D eigenvalue weighted by atomic mass is 9.59. The molecule has 28 heavy (non-hydrogen) atoms. The minimum Gasteiger partial charge on any atom is -0.309 e. The van der Waals surface area contributed by atoms with E-state index in [4.69, 9.17) is 0 Å². The average molecular weight is 448 g/mol. The molecular weight excluding hydrogens is 425 g/mol. The third kappa shape index (κ3) is 2.61. The molecule has 0 fully saturated rings. The van der Waals surface area contributed by atoms with Crippen LogP contribution in [0.1, 0.15) is 37.5 Å². The molecule has 1 nitrogen and oxygen atoms in total. The molecule has 0 aliphatic carbocycles.